The lowest BCUT2D eigenvalue weighted by Crippen LogP contribution is -2.30. The Balaban J connectivity index is 2.11. The SMILES string of the molecule is Cc1ccc(O[C@H](C)C(=O)Nc2cccc(F)c2)c([N+](=O)[O-])c1. The van der Waals surface area contributed by atoms with E-state index in [1.807, 2.05) is 0 Å². The molecule has 1 atom stereocenters. The molecule has 0 radical (unpaired) electrons. The van der Waals surface area contributed by atoms with Crippen molar-refractivity contribution >= 4 is 17.3 Å². The van der Waals surface area contributed by atoms with Gasteiger partial charge < -0.3 is 10.1 Å². The number of ether oxygens (including phenoxy) is 1. The molecule has 7 heteroatoms. The number of nitrogens with one attached hydrogen (secondary N) is 1. The summed E-state index contributed by atoms with van der Waals surface area (Å²) in [7, 11) is 0. The maximum absolute atomic E-state index is 13.1. The summed E-state index contributed by atoms with van der Waals surface area (Å²) in [5, 5.41) is 13.5. The van der Waals surface area contributed by atoms with Crippen molar-refractivity contribution in [2.45, 2.75) is 20.0 Å². The minimum Gasteiger partial charge on any atom is -0.474 e. The number of rotatable bonds is 5. The smallest absolute Gasteiger partial charge is 0.311 e. The lowest BCUT2D eigenvalue weighted by molar-refractivity contribution is -0.386. The fraction of sp³-hybridized carbons (Fsp3) is 0.188. The number of aryl methyl sites for hydroxylation is 1. The molecular formula is C16H15FN2O4. The monoisotopic (exact) mass is 318 g/mol. The first-order chi connectivity index (χ1) is 10.9. The molecule has 6 nitrogen and oxygen atoms in total. The first kappa shape index (κ1) is 16.4. The Bertz CT molecular complexity index is 749. The van der Waals surface area contributed by atoms with Crippen molar-refractivity contribution in [3.63, 3.8) is 0 Å². The van der Waals surface area contributed by atoms with Gasteiger partial charge >= 0.3 is 5.69 Å². The number of nitro benzene ring substituents is 1. The molecule has 2 aromatic carbocycles. The van der Waals surface area contributed by atoms with Gasteiger partial charge in [-0.25, -0.2) is 4.39 Å². The summed E-state index contributed by atoms with van der Waals surface area (Å²) < 4.78 is 18.5. The summed E-state index contributed by atoms with van der Waals surface area (Å²) in [4.78, 5) is 22.5. The number of anilines is 1. The van der Waals surface area contributed by atoms with Gasteiger partial charge in [-0.15, -0.1) is 0 Å². The molecule has 2 rings (SSSR count). The largest absolute Gasteiger partial charge is 0.474 e. The van der Waals surface area contributed by atoms with Crippen molar-refractivity contribution in [3.05, 3.63) is 64.0 Å². The third-order valence-corrected chi connectivity index (χ3v) is 3.08. The second-order valence-corrected chi connectivity index (χ2v) is 4.99. The highest BCUT2D eigenvalue weighted by molar-refractivity contribution is 5.94. The number of nitrogens with zero attached hydrogens (tertiary/aromatic N) is 1. The van der Waals surface area contributed by atoms with Gasteiger partial charge in [0.25, 0.3) is 5.91 Å². The number of carbonyl (C=O) groups excluding carboxylic acids is 1. The zero-order valence-electron chi connectivity index (χ0n) is 12.6. The molecule has 0 aromatic heterocycles. The molecule has 1 N–H and O–H groups in total. The van der Waals surface area contributed by atoms with Crippen LogP contribution in [0.25, 0.3) is 0 Å². The van der Waals surface area contributed by atoms with Crippen molar-refractivity contribution in [2.24, 2.45) is 0 Å². The van der Waals surface area contributed by atoms with E-state index in [9.17, 15) is 19.3 Å². The van der Waals surface area contributed by atoms with Gasteiger partial charge in [-0.3, -0.25) is 14.9 Å². The predicted molar refractivity (Wildman–Crippen MR) is 83.0 cm³/mol. The zero-order valence-corrected chi connectivity index (χ0v) is 12.6. The van der Waals surface area contributed by atoms with Crippen molar-refractivity contribution in [1.29, 1.82) is 0 Å². The minimum atomic E-state index is -0.986. The number of amides is 1. The number of carbonyl (C=O) groups is 1. The summed E-state index contributed by atoms with van der Waals surface area (Å²) in [6.07, 6.45) is -0.986. The van der Waals surface area contributed by atoms with Crippen LogP contribution < -0.4 is 10.1 Å². The Hall–Kier alpha value is -2.96. The van der Waals surface area contributed by atoms with E-state index in [2.05, 4.69) is 5.32 Å². The molecule has 0 saturated heterocycles. The zero-order chi connectivity index (χ0) is 17.0. The van der Waals surface area contributed by atoms with E-state index in [0.29, 0.717) is 5.56 Å². The van der Waals surface area contributed by atoms with Gasteiger partial charge in [-0.2, -0.15) is 0 Å². The number of benzene rings is 2. The lowest BCUT2D eigenvalue weighted by atomic mass is 10.2. The van der Waals surface area contributed by atoms with Crippen LogP contribution in [0.15, 0.2) is 42.5 Å². The Morgan fingerprint density at radius 1 is 1.30 bits per heavy atom. The average molecular weight is 318 g/mol. The molecule has 2 aromatic rings. The Labute approximate surface area is 132 Å². The second kappa shape index (κ2) is 6.87. The molecule has 0 bridgehead atoms. The fourth-order valence-corrected chi connectivity index (χ4v) is 1.92. The molecule has 1 amide bonds. The topological polar surface area (TPSA) is 81.5 Å². The number of hydrogen-bond donors (Lipinski definition) is 1. The molecule has 0 saturated carbocycles. The van der Waals surface area contributed by atoms with Crippen LogP contribution in [0.1, 0.15) is 12.5 Å². The maximum Gasteiger partial charge on any atom is 0.311 e. The van der Waals surface area contributed by atoms with E-state index in [0.717, 1.165) is 0 Å². The summed E-state index contributed by atoms with van der Waals surface area (Å²) >= 11 is 0. The van der Waals surface area contributed by atoms with Crippen LogP contribution in [0.3, 0.4) is 0 Å². The van der Waals surface area contributed by atoms with E-state index in [1.54, 1.807) is 13.0 Å². The highest BCUT2D eigenvalue weighted by Crippen LogP contribution is 2.28. The molecular weight excluding hydrogens is 303 g/mol. The van der Waals surface area contributed by atoms with Gasteiger partial charge in [0.05, 0.1) is 4.92 Å². The first-order valence-corrected chi connectivity index (χ1v) is 6.85. The Kier molecular flexibility index (Phi) is 4.90. The molecule has 0 unspecified atom stereocenters. The number of halogens is 1. The first-order valence-electron chi connectivity index (χ1n) is 6.85. The molecule has 120 valence electrons. The molecule has 0 aliphatic rings. The molecule has 0 fully saturated rings. The summed E-state index contributed by atoms with van der Waals surface area (Å²) in [5.41, 5.74) is 0.778. The molecule has 0 aliphatic carbocycles. The average Bonchev–Trinajstić information content (AvgIpc) is 2.48. The van der Waals surface area contributed by atoms with E-state index >= 15 is 0 Å². The van der Waals surface area contributed by atoms with Crippen LogP contribution in [-0.2, 0) is 4.79 Å². The summed E-state index contributed by atoms with van der Waals surface area (Å²) in [6.45, 7) is 3.18. The maximum atomic E-state index is 13.1. The van der Waals surface area contributed by atoms with Gasteiger partial charge in [0.1, 0.15) is 5.82 Å². The van der Waals surface area contributed by atoms with Gasteiger partial charge in [0, 0.05) is 11.8 Å². The normalized spacial score (nSPS) is 11.6. The summed E-state index contributed by atoms with van der Waals surface area (Å²) in [6, 6.07) is 9.87. The van der Waals surface area contributed by atoms with Crippen LogP contribution >= 0.6 is 0 Å². The summed E-state index contributed by atoms with van der Waals surface area (Å²) in [5.74, 6) is -1.02. The van der Waals surface area contributed by atoms with Gasteiger partial charge in [-0.1, -0.05) is 12.1 Å². The van der Waals surface area contributed by atoms with Gasteiger partial charge in [0.15, 0.2) is 11.9 Å². The minimum absolute atomic E-state index is 0.00231. The highest BCUT2D eigenvalue weighted by atomic mass is 19.1. The van der Waals surface area contributed by atoms with Crippen LogP contribution in [0.5, 0.6) is 5.75 Å². The highest BCUT2D eigenvalue weighted by Gasteiger charge is 2.21. The number of nitro groups is 1. The van der Waals surface area contributed by atoms with Crippen molar-refractivity contribution < 1.29 is 18.8 Å². The lowest BCUT2D eigenvalue weighted by Gasteiger charge is -2.15. The van der Waals surface area contributed by atoms with Crippen molar-refractivity contribution in [3.8, 4) is 5.75 Å². The third-order valence-electron chi connectivity index (χ3n) is 3.08. The van der Waals surface area contributed by atoms with Crippen LogP contribution in [-0.4, -0.2) is 16.9 Å². The van der Waals surface area contributed by atoms with E-state index in [-0.39, 0.29) is 17.1 Å². The number of hydrogen-bond acceptors (Lipinski definition) is 4. The second-order valence-electron chi connectivity index (χ2n) is 4.99. The molecule has 0 aliphatic heterocycles. The van der Waals surface area contributed by atoms with E-state index in [1.165, 1.54) is 43.3 Å². The quantitative estimate of drug-likeness (QED) is 0.676. The molecule has 0 spiro atoms. The van der Waals surface area contributed by atoms with E-state index in [4.69, 9.17) is 4.74 Å². The van der Waals surface area contributed by atoms with Crippen LogP contribution in [0, 0.1) is 22.9 Å². The van der Waals surface area contributed by atoms with Crippen LogP contribution in [0.4, 0.5) is 15.8 Å². The van der Waals surface area contributed by atoms with Crippen molar-refractivity contribution in [1.82, 2.24) is 0 Å². The van der Waals surface area contributed by atoms with Crippen LogP contribution in [0.2, 0.25) is 0 Å². The van der Waals surface area contributed by atoms with Gasteiger partial charge in [0.2, 0.25) is 0 Å². The fourth-order valence-electron chi connectivity index (χ4n) is 1.92. The molecule has 23 heavy (non-hydrogen) atoms. The van der Waals surface area contributed by atoms with Gasteiger partial charge in [-0.05, 0) is 43.7 Å². The van der Waals surface area contributed by atoms with E-state index < -0.39 is 22.8 Å². The predicted octanol–water partition coefficient (Wildman–Crippen LogP) is 3.45. The van der Waals surface area contributed by atoms with Crippen molar-refractivity contribution in [2.75, 3.05) is 5.32 Å². The third kappa shape index (κ3) is 4.26. The Morgan fingerprint density at radius 2 is 2.04 bits per heavy atom. The standard InChI is InChI=1S/C16H15FN2O4/c1-10-6-7-15(14(8-10)19(21)22)23-11(2)16(20)18-13-5-3-4-12(17)9-13/h3-9,11H,1-2H3,(H,18,20)/t11-/m1/s1. The molecule has 0 heterocycles. The Morgan fingerprint density at radius 3 is 2.70 bits per heavy atom.